The Morgan fingerprint density at radius 3 is 2.42 bits per heavy atom. The minimum Gasteiger partial charge on any atom is -0.321 e. The third-order valence-corrected chi connectivity index (χ3v) is 5.94. The number of H-pyrrole nitrogens is 1. The largest absolute Gasteiger partial charge is 0.330 e. The molecule has 0 amide bonds. The van der Waals surface area contributed by atoms with Crippen LogP contribution in [0, 0.1) is 12.8 Å². The quantitative estimate of drug-likeness (QED) is 0.412. The van der Waals surface area contributed by atoms with E-state index >= 15 is 0 Å². The number of nitrogens with zero attached hydrogens (tertiary/aromatic N) is 3. The zero-order chi connectivity index (χ0) is 23.4. The van der Waals surface area contributed by atoms with Gasteiger partial charge in [0.05, 0.1) is 13.1 Å². The summed E-state index contributed by atoms with van der Waals surface area (Å²) >= 11 is 0. The van der Waals surface area contributed by atoms with Crippen molar-refractivity contribution in [3.05, 3.63) is 98.0 Å². The summed E-state index contributed by atoms with van der Waals surface area (Å²) < 4.78 is 3.53. The van der Waals surface area contributed by atoms with Crippen molar-refractivity contribution in [1.82, 2.24) is 24.4 Å². The van der Waals surface area contributed by atoms with E-state index < -0.39 is 5.69 Å². The third kappa shape index (κ3) is 5.14. The summed E-state index contributed by atoms with van der Waals surface area (Å²) in [4.78, 5) is 32.9. The van der Waals surface area contributed by atoms with Crippen LogP contribution in [0.5, 0.6) is 0 Å². The standard InChI is InChI=1S/C26H31N5O2/c1-18(2)13-14-30-22(16-27-15-21-12-8-7-9-19(21)3)28-24-23(30)25(32)29-26(33)31(24)17-20-10-5-4-6-11-20/h4-12,18,27H,13-17H2,1-3H3,(H,29,32,33). The van der Waals surface area contributed by atoms with Crippen molar-refractivity contribution in [3.63, 3.8) is 0 Å². The SMILES string of the molecule is Cc1ccccc1CNCc1nc2c(c(=O)[nH]c(=O)n2Cc2ccccc2)n1CCC(C)C. The van der Waals surface area contributed by atoms with E-state index in [1.807, 2.05) is 47.0 Å². The van der Waals surface area contributed by atoms with Gasteiger partial charge in [0, 0.05) is 13.1 Å². The highest BCUT2D eigenvalue weighted by atomic mass is 16.2. The molecule has 0 fully saturated rings. The topological polar surface area (TPSA) is 84.7 Å². The molecule has 0 unspecified atom stereocenters. The van der Waals surface area contributed by atoms with Crippen LogP contribution in [0.2, 0.25) is 0 Å². The minimum absolute atomic E-state index is 0.351. The van der Waals surface area contributed by atoms with Crippen molar-refractivity contribution in [2.45, 2.75) is 53.4 Å². The van der Waals surface area contributed by atoms with Gasteiger partial charge in [-0.15, -0.1) is 0 Å². The highest BCUT2D eigenvalue weighted by Gasteiger charge is 2.19. The van der Waals surface area contributed by atoms with Crippen molar-refractivity contribution >= 4 is 11.2 Å². The molecule has 0 saturated heterocycles. The van der Waals surface area contributed by atoms with E-state index in [4.69, 9.17) is 4.98 Å². The van der Waals surface area contributed by atoms with Crippen LogP contribution in [0.4, 0.5) is 0 Å². The molecule has 0 aliphatic rings. The number of nitrogens with one attached hydrogen (secondary N) is 2. The fraction of sp³-hybridized carbons (Fsp3) is 0.346. The van der Waals surface area contributed by atoms with Crippen molar-refractivity contribution in [2.75, 3.05) is 0 Å². The Labute approximate surface area is 193 Å². The lowest BCUT2D eigenvalue weighted by atomic mass is 10.1. The first kappa shape index (κ1) is 22.7. The van der Waals surface area contributed by atoms with Gasteiger partial charge in [0.1, 0.15) is 5.82 Å². The van der Waals surface area contributed by atoms with E-state index in [0.29, 0.717) is 43.3 Å². The molecule has 4 aromatic rings. The van der Waals surface area contributed by atoms with Crippen LogP contribution in [0.15, 0.2) is 64.2 Å². The summed E-state index contributed by atoms with van der Waals surface area (Å²) in [5, 5.41) is 3.47. The van der Waals surface area contributed by atoms with Gasteiger partial charge in [0.2, 0.25) is 0 Å². The van der Waals surface area contributed by atoms with Gasteiger partial charge in [-0.3, -0.25) is 14.3 Å². The van der Waals surface area contributed by atoms with Crippen LogP contribution in [-0.2, 0) is 26.2 Å². The van der Waals surface area contributed by atoms with Crippen LogP contribution in [-0.4, -0.2) is 19.1 Å². The second-order valence-electron chi connectivity index (χ2n) is 8.90. The number of rotatable bonds is 9. The van der Waals surface area contributed by atoms with Crippen molar-refractivity contribution in [2.24, 2.45) is 5.92 Å². The number of aromatic nitrogens is 4. The molecule has 4 rings (SSSR count). The molecule has 0 aliphatic carbocycles. The molecular weight excluding hydrogens is 414 g/mol. The molecule has 0 saturated carbocycles. The molecule has 2 aromatic carbocycles. The lowest BCUT2D eigenvalue weighted by molar-refractivity contribution is 0.503. The van der Waals surface area contributed by atoms with E-state index in [0.717, 1.165) is 17.8 Å². The van der Waals surface area contributed by atoms with Gasteiger partial charge in [-0.2, -0.15) is 0 Å². The highest BCUT2D eigenvalue weighted by Crippen LogP contribution is 2.16. The molecule has 7 nitrogen and oxygen atoms in total. The summed E-state index contributed by atoms with van der Waals surface area (Å²) in [6.45, 7) is 8.63. The maximum Gasteiger partial charge on any atom is 0.330 e. The summed E-state index contributed by atoms with van der Waals surface area (Å²) in [6, 6.07) is 18.0. The van der Waals surface area contributed by atoms with Crippen LogP contribution in [0.25, 0.3) is 11.2 Å². The molecule has 172 valence electrons. The van der Waals surface area contributed by atoms with Gasteiger partial charge >= 0.3 is 5.69 Å². The normalized spacial score (nSPS) is 11.5. The zero-order valence-corrected chi connectivity index (χ0v) is 19.5. The first-order valence-corrected chi connectivity index (χ1v) is 11.5. The predicted molar refractivity (Wildman–Crippen MR) is 131 cm³/mol. The first-order valence-electron chi connectivity index (χ1n) is 11.5. The second kappa shape index (κ2) is 10.0. The molecule has 33 heavy (non-hydrogen) atoms. The van der Waals surface area contributed by atoms with E-state index in [1.165, 1.54) is 11.1 Å². The number of aryl methyl sites for hydroxylation is 2. The highest BCUT2D eigenvalue weighted by molar-refractivity contribution is 5.71. The molecule has 2 heterocycles. The fourth-order valence-corrected chi connectivity index (χ4v) is 4.01. The Hall–Kier alpha value is -3.45. The lowest BCUT2D eigenvalue weighted by Gasteiger charge is -2.12. The number of aromatic amines is 1. The summed E-state index contributed by atoms with van der Waals surface area (Å²) in [7, 11) is 0. The summed E-state index contributed by atoms with van der Waals surface area (Å²) in [5.74, 6) is 1.24. The van der Waals surface area contributed by atoms with Crippen LogP contribution in [0.1, 0.15) is 42.8 Å². The third-order valence-electron chi connectivity index (χ3n) is 5.94. The van der Waals surface area contributed by atoms with Gasteiger partial charge in [0.25, 0.3) is 5.56 Å². The maximum absolute atomic E-state index is 12.9. The van der Waals surface area contributed by atoms with E-state index in [-0.39, 0.29) is 5.56 Å². The predicted octanol–water partition coefficient (Wildman–Crippen LogP) is 3.58. The monoisotopic (exact) mass is 445 g/mol. The Bertz CT molecular complexity index is 1350. The maximum atomic E-state index is 12.9. The Kier molecular flexibility index (Phi) is 6.89. The molecule has 0 bridgehead atoms. The molecule has 2 N–H and O–H groups in total. The Morgan fingerprint density at radius 1 is 0.970 bits per heavy atom. The Balaban J connectivity index is 1.73. The average Bonchev–Trinajstić information content (AvgIpc) is 3.16. The second-order valence-corrected chi connectivity index (χ2v) is 8.90. The van der Waals surface area contributed by atoms with Crippen molar-refractivity contribution in [1.29, 1.82) is 0 Å². The molecular formula is C26H31N5O2. The van der Waals surface area contributed by atoms with Crippen molar-refractivity contribution in [3.8, 4) is 0 Å². The molecule has 0 atom stereocenters. The van der Waals surface area contributed by atoms with E-state index in [1.54, 1.807) is 4.57 Å². The van der Waals surface area contributed by atoms with Gasteiger partial charge in [-0.05, 0) is 36.0 Å². The Morgan fingerprint density at radius 2 is 1.70 bits per heavy atom. The van der Waals surface area contributed by atoms with Gasteiger partial charge in [-0.25, -0.2) is 9.78 Å². The molecule has 2 aromatic heterocycles. The smallest absolute Gasteiger partial charge is 0.321 e. The number of fused-ring (bicyclic) bond motifs is 1. The molecule has 0 radical (unpaired) electrons. The van der Waals surface area contributed by atoms with E-state index in [2.05, 4.69) is 43.2 Å². The van der Waals surface area contributed by atoms with Gasteiger partial charge < -0.3 is 9.88 Å². The minimum atomic E-state index is -0.440. The van der Waals surface area contributed by atoms with Gasteiger partial charge in [0.15, 0.2) is 11.2 Å². The molecule has 0 spiro atoms. The summed E-state index contributed by atoms with van der Waals surface area (Å²) in [5.41, 5.74) is 3.49. The number of imidazole rings is 1. The van der Waals surface area contributed by atoms with Crippen molar-refractivity contribution < 1.29 is 0 Å². The lowest BCUT2D eigenvalue weighted by Crippen LogP contribution is -2.31. The number of benzene rings is 2. The van der Waals surface area contributed by atoms with Gasteiger partial charge in [-0.1, -0.05) is 68.4 Å². The van der Waals surface area contributed by atoms with Crippen LogP contribution < -0.4 is 16.6 Å². The summed E-state index contributed by atoms with van der Waals surface area (Å²) in [6.07, 6.45) is 0.910. The number of hydrogen-bond acceptors (Lipinski definition) is 4. The van der Waals surface area contributed by atoms with E-state index in [9.17, 15) is 9.59 Å². The molecule has 0 aliphatic heterocycles. The van der Waals surface area contributed by atoms with Crippen LogP contribution in [0.3, 0.4) is 0 Å². The average molecular weight is 446 g/mol. The number of hydrogen-bond donors (Lipinski definition) is 2. The van der Waals surface area contributed by atoms with Crippen LogP contribution >= 0.6 is 0 Å². The molecule has 7 heteroatoms. The zero-order valence-electron chi connectivity index (χ0n) is 19.5. The first-order chi connectivity index (χ1) is 15.9. The fourth-order valence-electron chi connectivity index (χ4n) is 4.01.